The number of nitrogens with one attached hydrogen (secondary N) is 1. The second-order valence-electron chi connectivity index (χ2n) is 20.4. The Kier molecular flexibility index (Phi) is 10.3. The van der Waals surface area contributed by atoms with Crippen LogP contribution in [0.25, 0.3) is 0 Å². The van der Waals surface area contributed by atoms with E-state index in [0.717, 1.165) is 75.3 Å². The molecule has 10 fully saturated rings. The van der Waals surface area contributed by atoms with E-state index in [1.54, 1.807) is 23.6 Å². The molecule has 322 valence electrons. The van der Waals surface area contributed by atoms with Gasteiger partial charge in [0, 0.05) is 60.7 Å². The van der Waals surface area contributed by atoms with E-state index in [1.165, 1.54) is 31.4 Å². The third-order valence-corrected chi connectivity index (χ3v) is 17.4. The summed E-state index contributed by atoms with van der Waals surface area (Å²) >= 11 is 0. The number of ketones is 2. The SMILES string of the molecule is CC(=O)C12CC3CC(C1)C(CC(=O)N1CC(O)C1)(c1ccc(F)cc1)C(C3)C2.COC(=O)NC1CN(C(=O)CC2(c3ccc(F)cc3)C3CC4CC2CC(C(C)=O)(C4)C3)C1. The van der Waals surface area contributed by atoms with Gasteiger partial charge in [-0.15, -0.1) is 0 Å². The standard InChI is InChI=1S/C25H31FN2O4.C23H28FNO3/c1-15(29)24-9-16-7-18(10-24)25(19(8-16)11-24,17-3-5-20(26)6-4-17)12-22(30)28-13-21(14-28)27-23(31)32-2;1-14(26)22-8-15-6-17(9-22)23(18(7-15)10-22,16-2-4-19(24)5-3-16)11-21(28)25-12-20(27)13-25/h3-6,16,18-19,21H,7-14H2,1-2H3,(H,27,31);2-5,15,17-18,20,27H,6-13H2,1H3. The molecule has 8 bridgehead atoms. The number of aliphatic hydroxyl groups excluding tert-OH is 1. The Balaban J connectivity index is 0.000000155. The summed E-state index contributed by atoms with van der Waals surface area (Å²) < 4.78 is 32.1. The summed E-state index contributed by atoms with van der Waals surface area (Å²) in [6.45, 7) is 5.23. The van der Waals surface area contributed by atoms with Crippen LogP contribution in [0.4, 0.5) is 13.6 Å². The number of carbonyl (C=O) groups excluding carboxylic acids is 5. The van der Waals surface area contributed by atoms with Gasteiger partial charge in [0.25, 0.3) is 0 Å². The average Bonchev–Trinajstić information content (AvgIpc) is 3.18. The number of likely N-dealkylation sites (tertiary alicyclic amines) is 2. The predicted molar refractivity (Wildman–Crippen MR) is 217 cm³/mol. The van der Waals surface area contributed by atoms with Gasteiger partial charge in [0.05, 0.1) is 19.3 Å². The summed E-state index contributed by atoms with van der Waals surface area (Å²) in [4.78, 5) is 66.7. The maximum Gasteiger partial charge on any atom is 0.407 e. The summed E-state index contributed by atoms with van der Waals surface area (Å²) in [5.74, 6) is 2.36. The van der Waals surface area contributed by atoms with Crippen LogP contribution in [0.2, 0.25) is 0 Å². The normalized spacial score (nSPS) is 37.1. The number of carbonyl (C=O) groups is 5. The first kappa shape index (κ1) is 41.2. The Labute approximate surface area is 351 Å². The van der Waals surface area contributed by atoms with Gasteiger partial charge in [0.2, 0.25) is 11.8 Å². The van der Waals surface area contributed by atoms with Crippen LogP contribution < -0.4 is 5.32 Å². The maximum atomic E-state index is 13.8. The second kappa shape index (κ2) is 15.0. The Morgan fingerprint density at radius 1 is 0.633 bits per heavy atom. The van der Waals surface area contributed by atoms with Crippen molar-refractivity contribution in [3.63, 3.8) is 0 Å². The van der Waals surface area contributed by atoms with E-state index >= 15 is 0 Å². The fourth-order valence-electron chi connectivity index (χ4n) is 14.7. The molecule has 0 aromatic heterocycles. The van der Waals surface area contributed by atoms with Crippen molar-refractivity contribution in [1.82, 2.24) is 15.1 Å². The van der Waals surface area contributed by atoms with Crippen molar-refractivity contribution >= 4 is 29.5 Å². The highest BCUT2D eigenvalue weighted by Crippen LogP contribution is 2.70. The number of hydrogen-bond donors (Lipinski definition) is 2. The molecule has 8 aliphatic carbocycles. The molecule has 2 aromatic carbocycles. The number of nitrogens with zero attached hydrogens (tertiary/aromatic N) is 2. The van der Waals surface area contributed by atoms with Gasteiger partial charge in [-0.3, -0.25) is 19.2 Å². The zero-order chi connectivity index (χ0) is 42.4. The number of methoxy groups -OCH3 is 1. The molecular weight excluding hydrogens is 769 g/mol. The molecule has 8 saturated carbocycles. The van der Waals surface area contributed by atoms with Gasteiger partial charge in [0.1, 0.15) is 23.2 Å². The van der Waals surface area contributed by atoms with Gasteiger partial charge in [0.15, 0.2) is 0 Å². The number of amides is 3. The van der Waals surface area contributed by atoms with E-state index in [9.17, 15) is 37.9 Å². The monoisotopic (exact) mass is 827 g/mol. The first-order valence-electron chi connectivity index (χ1n) is 22.2. The molecule has 2 aliphatic heterocycles. The highest BCUT2D eigenvalue weighted by Gasteiger charge is 2.66. The molecule has 0 spiro atoms. The van der Waals surface area contributed by atoms with Crippen molar-refractivity contribution in [3.05, 3.63) is 71.3 Å². The molecule has 4 unspecified atom stereocenters. The molecule has 0 radical (unpaired) electrons. The first-order valence-corrected chi connectivity index (χ1v) is 22.2. The molecule has 12 rings (SSSR count). The van der Waals surface area contributed by atoms with Gasteiger partial charge in [-0.25, -0.2) is 13.6 Å². The van der Waals surface area contributed by atoms with Crippen molar-refractivity contribution in [3.8, 4) is 0 Å². The smallest absolute Gasteiger partial charge is 0.407 e. The summed E-state index contributed by atoms with van der Waals surface area (Å²) in [6.07, 6.45) is 9.39. The summed E-state index contributed by atoms with van der Waals surface area (Å²) in [5, 5.41) is 12.3. The Hall–Kier alpha value is -4.19. The van der Waals surface area contributed by atoms with Crippen LogP contribution in [0.1, 0.15) is 102 Å². The molecule has 2 heterocycles. The van der Waals surface area contributed by atoms with Crippen LogP contribution >= 0.6 is 0 Å². The second-order valence-corrected chi connectivity index (χ2v) is 20.4. The Morgan fingerprint density at radius 3 is 1.33 bits per heavy atom. The van der Waals surface area contributed by atoms with E-state index < -0.39 is 12.2 Å². The van der Waals surface area contributed by atoms with Gasteiger partial charge in [-0.1, -0.05) is 24.3 Å². The molecule has 4 atom stereocenters. The van der Waals surface area contributed by atoms with Crippen molar-refractivity contribution in [2.45, 2.75) is 114 Å². The molecule has 10 aliphatic rings. The molecular formula is C48H59F2N3O7. The largest absolute Gasteiger partial charge is 0.453 e. The zero-order valence-electron chi connectivity index (χ0n) is 35.1. The molecule has 2 saturated heterocycles. The first-order chi connectivity index (χ1) is 28.6. The highest BCUT2D eigenvalue weighted by atomic mass is 19.1. The molecule has 10 nitrogen and oxygen atoms in total. The number of alkyl carbamates (subject to hydrolysis) is 1. The lowest BCUT2D eigenvalue weighted by molar-refractivity contribution is -0.162. The van der Waals surface area contributed by atoms with Crippen LogP contribution in [0, 0.1) is 58.0 Å². The number of benzene rings is 2. The third-order valence-electron chi connectivity index (χ3n) is 17.4. The minimum Gasteiger partial charge on any atom is -0.453 e. The van der Waals surface area contributed by atoms with Crippen molar-refractivity contribution in [1.29, 1.82) is 0 Å². The number of Topliss-reactive ketones (excluding diaryl/α,β-unsaturated/α-hetero) is 2. The van der Waals surface area contributed by atoms with E-state index in [-0.39, 0.29) is 80.6 Å². The highest BCUT2D eigenvalue weighted by molar-refractivity contribution is 5.85. The molecule has 2 aromatic rings. The van der Waals surface area contributed by atoms with E-state index in [2.05, 4.69) is 10.1 Å². The predicted octanol–water partition coefficient (Wildman–Crippen LogP) is 6.51. The van der Waals surface area contributed by atoms with Crippen LogP contribution in [-0.4, -0.2) is 89.8 Å². The molecule has 2 N–H and O–H groups in total. The van der Waals surface area contributed by atoms with Gasteiger partial charge >= 0.3 is 6.09 Å². The van der Waals surface area contributed by atoms with Crippen LogP contribution in [0.5, 0.6) is 0 Å². The van der Waals surface area contributed by atoms with Gasteiger partial charge in [-0.05, 0) is 149 Å². The van der Waals surface area contributed by atoms with Gasteiger partial charge < -0.3 is 25.0 Å². The van der Waals surface area contributed by atoms with Crippen LogP contribution in [-0.2, 0) is 34.7 Å². The van der Waals surface area contributed by atoms with E-state index in [0.29, 0.717) is 56.6 Å². The quantitative estimate of drug-likeness (QED) is 0.295. The van der Waals surface area contributed by atoms with Gasteiger partial charge in [-0.2, -0.15) is 0 Å². The summed E-state index contributed by atoms with van der Waals surface area (Å²) in [6, 6.07) is 13.3. The number of ether oxygens (including phenoxy) is 1. The Morgan fingerprint density at radius 2 is 1.00 bits per heavy atom. The zero-order valence-corrected chi connectivity index (χ0v) is 35.1. The average molecular weight is 828 g/mol. The lowest BCUT2D eigenvalue weighted by Gasteiger charge is -2.65. The number of rotatable bonds is 9. The third kappa shape index (κ3) is 6.69. The van der Waals surface area contributed by atoms with E-state index in [1.807, 2.05) is 24.3 Å². The lowest BCUT2D eigenvalue weighted by Crippen LogP contribution is -2.64. The fourth-order valence-corrected chi connectivity index (χ4v) is 14.7. The minimum atomic E-state index is -0.486. The summed E-state index contributed by atoms with van der Waals surface area (Å²) in [7, 11) is 1.32. The Bertz CT molecular complexity index is 2010. The van der Waals surface area contributed by atoms with E-state index in [4.69, 9.17) is 0 Å². The number of halogens is 2. The van der Waals surface area contributed by atoms with Crippen molar-refractivity contribution in [2.75, 3.05) is 33.3 Å². The molecule has 3 amide bonds. The number of aliphatic hydroxyl groups is 1. The molecule has 12 heteroatoms. The number of hydrogen-bond acceptors (Lipinski definition) is 7. The lowest BCUT2D eigenvalue weighted by atomic mass is 9.38. The van der Waals surface area contributed by atoms with Crippen LogP contribution in [0.3, 0.4) is 0 Å². The maximum absolute atomic E-state index is 13.8. The molecule has 60 heavy (non-hydrogen) atoms. The van der Waals surface area contributed by atoms with Crippen LogP contribution in [0.15, 0.2) is 48.5 Å². The van der Waals surface area contributed by atoms with Crippen molar-refractivity contribution in [2.24, 2.45) is 46.3 Å². The topological polar surface area (TPSA) is 133 Å². The number of β-amino-alcohol motifs (C(OH)–C–C–N with tert-alkyl or cyclic N) is 1. The summed E-state index contributed by atoms with van der Waals surface area (Å²) in [5.41, 5.74) is 0.953. The fraction of sp³-hybridized carbons (Fsp3) is 0.646. The van der Waals surface area contributed by atoms with Crippen molar-refractivity contribution < 1.29 is 42.6 Å². The minimum absolute atomic E-state index is 0.0709.